The third-order valence-corrected chi connectivity index (χ3v) is 9.01. The molecule has 1 aliphatic carbocycles. The van der Waals surface area contributed by atoms with Gasteiger partial charge in [0.05, 0.1) is 16.8 Å². The zero-order chi connectivity index (χ0) is 21.0. The van der Waals surface area contributed by atoms with E-state index in [1.165, 1.54) is 12.8 Å². The van der Waals surface area contributed by atoms with Crippen molar-refractivity contribution in [2.24, 2.45) is 5.92 Å². The molecule has 4 rings (SSSR count). The van der Waals surface area contributed by atoms with E-state index in [1.54, 1.807) is 24.3 Å². The highest BCUT2D eigenvalue weighted by molar-refractivity contribution is 7.92. The van der Waals surface area contributed by atoms with E-state index in [0.29, 0.717) is 23.0 Å². The molecule has 2 atom stereocenters. The van der Waals surface area contributed by atoms with Gasteiger partial charge in [-0.3, -0.25) is 4.90 Å². The van der Waals surface area contributed by atoms with Crippen LogP contribution in [0.3, 0.4) is 0 Å². The lowest BCUT2D eigenvalue weighted by Crippen LogP contribution is -2.48. The second kappa shape index (κ2) is 9.66. The average molecular weight is 436 g/mol. The first-order chi connectivity index (χ1) is 14.5. The summed E-state index contributed by atoms with van der Waals surface area (Å²) < 4.78 is 31.2. The molecule has 2 N–H and O–H groups in total. The minimum Gasteiger partial charge on any atom is -0.381 e. The third-order valence-electron chi connectivity index (χ3n) is 6.75. The molecule has 1 aromatic rings. The number of amides is 2. The number of sulfone groups is 1. The summed E-state index contributed by atoms with van der Waals surface area (Å²) in [5.74, 6) is 0.447. The Labute approximate surface area is 179 Å². The lowest BCUT2D eigenvalue weighted by atomic mass is 9.97. The molecular weight excluding hydrogens is 402 g/mol. The molecule has 0 spiro atoms. The Morgan fingerprint density at radius 3 is 2.60 bits per heavy atom. The SMILES string of the molecule is O=C(NC[C@H]([C@H]1CCOC1)N1CCCC1)Nc1cccc(S(=O)(=O)C2CCCC2)c1. The topological polar surface area (TPSA) is 87.7 Å². The number of likely N-dealkylation sites (tertiary alicyclic amines) is 1. The van der Waals surface area contributed by atoms with Crippen LogP contribution in [0.1, 0.15) is 44.9 Å². The van der Waals surface area contributed by atoms with Crippen molar-refractivity contribution < 1.29 is 17.9 Å². The maximum atomic E-state index is 12.8. The fourth-order valence-electron chi connectivity index (χ4n) is 5.04. The number of rotatable bonds is 7. The molecule has 8 heteroatoms. The largest absolute Gasteiger partial charge is 0.381 e. The Morgan fingerprint density at radius 2 is 1.90 bits per heavy atom. The van der Waals surface area contributed by atoms with Gasteiger partial charge in [-0.25, -0.2) is 13.2 Å². The first-order valence-corrected chi connectivity index (χ1v) is 12.8. The summed E-state index contributed by atoms with van der Waals surface area (Å²) in [7, 11) is -3.34. The van der Waals surface area contributed by atoms with E-state index >= 15 is 0 Å². The van der Waals surface area contributed by atoms with Crippen LogP contribution < -0.4 is 10.6 Å². The van der Waals surface area contributed by atoms with Gasteiger partial charge in [0, 0.05) is 30.8 Å². The van der Waals surface area contributed by atoms with Crippen LogP contribution in [0.5, 0.6) is 0 Å². The highest BCUT2D eigenvalue weighted by atomic mass is 32.2. The summed E-state index contributed by atoms with van der Waals surface area (Å²) in [4.78, 5) is 15.3. The number of anilines is 1. The van der Waals surface area contributed by atoms with Gasteiger partial charge in [-0.15, -0.1) is 0 Å². The molecule has 2 saturated heterocycles. The van der Waals surface area contributed by atoms with Gasteiger partial charge >= 0.3 is 6.03 Å². The number of hydrogen-bond donors (Lipinski definition) is 2. The van der Waals surface area contributed by atoms with Crippen LogP contribution in [0.15, 0.2) is 29.2 Å². The fraction of sp³-hybridized carbons (Fsp3) is 0.682. The smallest absolute Gasteiger partial charge is 0.319 e. The maximum Gasteiger partial charge on any atom is 0.319 e. The zero-order valence-electron chi connectivity index (χ0n) is 17.5. The van der Waals surface area contributed by atoms with Crippen LogP contribution in [-0.2, 0) is 14.6 Å². The first-order valence-electron chi connectivity index (χ1n) is 11.2. The first kappa shape index (κ1) is 21.6. The second-order valence-corrected chi connectivity index (χ2v) is 11.0. The van der Waals surface area contributed by atoms with Gasteiger partial charge in [0.2, 0.25) is 0 Å². The zero-order valence-corrected chi connectivity index (χ0v) is 18.3. The Morgan fingerprint density at radius 1 is 1.13 bits per heavy atom. The van der Waals surface area contributed by atoms with Gasteiger partial charge in [0.1, 0.15) is 0 Å². The highest BCUT2D eigenvalue weighted by Gasteiger charge is 2.32. The van der Waals surface area contributed by atoms with Crippen LogP contribution in [-0.4, -0.2) is 63.5 Å². The van der Waals surface area contributed by atoms with Gasteiger partial charge in [-0.1, -0.05) is 18.9 Å². The van der Waals surface area contributed by atoms with Crippen molar-refractivity contribution in [1.82, 2.24) is 10.2 Å². The summed E-state index contributed by atoms with van der Waals surface area (Å²) in [6.07, 6.45) is 6.83. The van der Waals surface area contributed by atoms with Crippen molar-refractivity contribution in [3.05, 3.63) is 24.3 Å². The van der Waals surface area contributed by atoms with Crippen molar-refractivity contribution in [3.8, 4) is 0 Å². The lowest BCUT2D eigenvalue weighted by Gasteiger charge is -2.32. The van der Waals surface area contributed by atoms with E-state index in [4.69, 9.17) is 4.74 Å². The van der Waals surface area contributed by atoms with Crippen molar-refractivity contribution in [3.63, 3.8) is 0 Å². The summed E-state index contributed by atoms with van der Waals surface area (Å²) in [6.45, 7) is 4.27. The Bertz CT molecular complexity index is 811. The van der Waals surface area contributed by atoms with Crippen molar-refractivity contribution >= 4 is 21.6 Å². The molecule has 7 nitrogen and oxygen atoms in total. The van der Waals surface area contributed by atoms with Crippen LogP contribution in [0, 0.1) is 5.92 Å². The third kappa shape index (κ3) is 4.98. The van der Waals surface area contributed by atoms with Gasteiger partial charge < -0.3 is 15.4 Å². The molecule has 166 valence electrons. The van der Waals surface area contributed by atoms with E-state index in [2.05, 4.69) is 15.5 Å². The van der Waals surface area contributed by atoms with E-state index in [9.17, 15) is 13.2 Å². The summed E-state index contributed by atoms with van der Waals surface area (Å²) in [5, 5.41) is 5.52. The molecule has 1 aromatic carbocycles. The number of carbonyl (C=O) groups excluding carboxylic acids is 1. The standard InChI is InChI=1S/C22H33N3O4S/c26-22(23-15-21(17-10-13-29-16-17)25-11-3-4-12-25)24-18-6-5-9-20(14-18)30(27,28)19-7-1-2-8-19/h5-6,9,14,17,19,21H,1-4,7-8,10-13,15-16H2,(H2,23,24,26)/t17-,21+/m0/s1. The Balaban J connectivity index is 1.36. The monoisotopic (exact) mass is 435 g/mol. The molecule has 30 heavy (non-hydrogen) atoms. The number of hydrogen-bond acceptors (Lipinski definition) is 5. The molecule has 0 bridgehead atoms. The molecule has 3 fully saturated rings. The Hall–Kier alpha value is -1.64. The quantitative estimate of drug-likeness (QED) is 0.687. The van der Waals surface area contributed by atoms with Crippen molar-refractivity contribution in [1.29, 1.82) is 0 Å². The molecule has 0 radical (unpaired) electrons. The molecular formula is C22H33N3O4S. The van der Waals surface area contributed by atoms with E-state index < -0.39 is 9.84 Å². The van der Waals surface area contributed by atoms with Crippen molar-refractivity contribution in [2.45, 2.75) is 61.1 Å². The van der Waals surface area contributed by atoms with E-state index in [0.717, 1.165) is 58.4 Å². The van der Waals surface area contributed by atoms with Gasteiger partial charge in [-0.05, 0) is 63.4 Å². The number of urea groups is 1. The molecule has 3 aliphatic rings. The molecule has 2 heterocycles. The summed E-state index contributed by atoms with van der Waals surface area (Å²) in [5.41, 5.74) is 0.508. The number of nitrogens with one attached hydrogen (secondary N) is 2. The van der Waals surface area contributed by atoms with Gasteiger partial charge in [0.25, 0.3) is 0 Å². The molecule has 0 unspecified atom stereocenters. The number of nitrogens with zero attached hydrogens (tertiary/aromatic N) is 1. The van der Waals surface area contributed by atoms with Crippen LogP contribution >= 0.6 is 0 Å². The minimum atomic E-state index is -3.34. The highest BCUT2D eigenvalue weighted by Crippen LogP contribution is 2.30. The fourth-order valence-corrected chi connectivity index (χ4v) is 6.94. The Kier molecular flexibility index (Phi) is 6.95. The predicted octanol–water partition coefficient (Wildman–Crippen LogP) is 3.03. The van der Waals surface area contributed by atoms with Gasteiger partial charge in [-0.2, -0.15) is 0 Å². The van der Waals surface area contributed by atoms with Crippen LogP contribution in [0.4, 0.5) is 10.5 Å². The normalized spacial score (nSPS) is 24.2. The summed E-state index contributed by atoms with van der Waals surface area (Å²) in [6, 6.07) is 6.62. The minimum absolute atomic E-state index is 0.287. The number of ether oxygens (including phenoxy) is 1. The van der Waals surface area contributed by atoms with Crippen molar-refractivity contribution in [2.75, 3.05) is 38.2 Å². The molecule has 0 aromatic heterocycles. The van der Waals surface area contributed by atoms with E-state index in [1.807, 2.05) is 0 Å². The number of carbonyl (C=O) groups is 1. The maximum absolute atomic E-state index is 12.8. The van der Waals surface area contributed by atoms with Gasteiger partial charge in [0.15, 0.2) is 9.84 Å². The van der Waals surface area contributed by atoms with Crippen LogP contribution in [0.25, 0.3) is 0 Å². The van der Waals surface area contributed by atoms with E-state index in [-0.39, 0.29) is 17.3 Å². The van der Waals surface area contributed by atoms with Crippen LogP contribution in [0.2, 0.25) is 0 Å². The molecule has 2 amide bonds. The molecule has 2 aliphatic heterocycles. The lowest BCUT2D eigenvalue weighted by molar-refractivity contribution is 0.135. The molecule has 1 saturated carbocycles. The second-order valence-electron chi connectivity index (χ2n) is 8.75. The number of benzene rings is 1. The summed E-state index contributed by atoms with van der Waals surface area (Å²) >= 11 is 0. The average Bonchev–Trinajstić information content (AvgIpc) is 3.51. The predicted molar refractivity (Wildman–Crippen MR) is 116 cm³/mol.